The van der Waals surface area contributed by atoms with Crippen LogP contribution in [-0.4, -0.2) is 39.4 Å². The van der Waals surface area contributed by atoms with Crippen LogP contribution < -0.4 is 5.32 Å². The molecule has 4 heteroatoms. The molecular weight excluding hydrogens is 158 g/mol. The Morgan fingerprint density at radius 3 is 2.67 bits per heavy atom. The monoisotopic (exact) mass is 175 g/mol. The van der Waals surface area contributed by atoms with Gasteiger partial charge >= 0.3 is 5.97 Å². The quantitative estimate of drug-likeness (QED) is 0.462. The minimum absolute atomic E-state index is 0.146. The van der Waals surface area contributed by atoms with Crippen molar-refractivity contribution >= 4 is 5.97 Å². The largest absolute Gasteiger partial charge is 0.469 e. The van der Waals surface area contributed by atoms with Crippen LogP contribution in [0, 0.1) is 0 Å². The minimum Gasteiger partial charge on any atom is -0.469 e. The van der Waals surface area contributed by atoms with Gasteiger partial charge in [-0.2, -0.15) is 0 Å². The van der Waals surface area contributed by atoms with Crippen LogP contribution in [0.3, 0.4) is 0 Å². The summed E-state index contributed by atoms with van der Waals surface area (Å²) in [5.41, 5.74) is 0. The van der Waals surface area contributed by atoms with E-state index in [0.717, 1.165) is 6.54 Å². The Balaban J connectivity index is 3.32. The van der Waals surface area contributed by atoms with Crippen LogP contribution >= 0.6 is 0 Å². The summed E-state index contributed by atoms with van der Waals surface area (Å²) in [5.74, 6) is -0.188. The molecule has 1 N–H and O–H groups in total. The first kappa shape index (κ1) is 11.4. The minimum atomic E-state index is -0.188. The molecule has 0 aliphatic carbocycles. The predicted molar refractivity (Wildman–Crippen MR) is 46.0 cm³/mol. The molecule has 0 unspecified atom stereocenters. The van der Waals surface area contributed by atoms with Crippen molar-refractivity contribution in [3.05, 3.63) is 0 Å². The summed E-state index contributed by atoms with van der Waals surface area (Å²) in [7, 11) is 3.04. The van der Waals surface area contributed by atoms with Crippen LogP contribution in [0.4, 0.5) is 0 Å². The summed E-state index contributed by atoms with van der Waals surface area (Å²) in [6, 6.07) is 0.146. The first-order valence-electron chi connectivity index (χ1n) is 3.99. The summed E-state index contributed by atoms with van der Waals surface area (Å²) in [4.78, 5) is 10.8. The van der Waals surface area contributed by atoms with E-state index in [1.54, 1.807) is 7.11 Å². The third kappa shape index (κ3) is 6.12. The van der Waals surface area contributed by atoms with Gasteiger partial charge in [-0.3, -0.25) is 4.79 Å². The highest BCUT2D eigenvalue weighted by Gasteiger charge is 2.07. The third-order valence-corrected chi connectivity index (χ3v) is 1.50. The Morgan fingerprint density at radius 1 is 1.50 bits per heavy atom. The average Bonchev–Trinajstić information content (AvgIpc) is 2.05. The SMILES string of the molecule is COCCN[C@H](C)CC(=O)OC. The Bertz CT molecular complexity index is 127. The first-order chi connectivity index (χ1) is 5.70. The van der Waals surface area contributed by atoms with Gasteiger partial charge in [0.25, 0.3) is 0 Å². The van der Waals surface area contributed by atoms with Crippen LogP contribution in [0.2, 0.25) is 0 Å². The molecular formula is C8H17NO3. The fourth-order valence-corrected chi connectivity index (χ4v) is 0.813. The van der Waals surface area contributed by atoms with Crippen molar-refractivity contribution < 1.29 is 14.3 Å². The van der Waals surface area contributed by atoms with E-state index < -0.39 is 0 Å². The molecule has 0 bridgehead atoms. The molecule has 0 spiro atoms. The zero-order chi connectivity index (χ0) is 9.40. The van der Waals surface area contributed by atoms with E-state index in [4.69, 9.17) is 4.74 Å². The van der Waals surface area contributed by atoms with Gasteiger partial charge in [0.1, 0.15) is 0 Å². The molecule has 0 amide bonds. The number of carbonyl (C=O) groups excluding carboxylic acids is 1. The molecule has 0 aromatic heterocycles. The zero-order valence-electron chi connectivity index (χ0n) is 7.92. The number of rotatable bonds is 6. The van der Waals surface area contributed by atoms with E-state index >= 15 is 0 Å². The lowest BCUT2D eigenvalue weighted by atomic mass is 10.2. The van der Waals surface area contributed by atoms with E-state index in [-0.39, 0.29) is 12.0 Å². The van der Waals surface area contributed by atoms with Crippen molar-refractivity contribution in [3.63, 3.8) is 0 Å². The van der Waals surface area contributed by atoms with E-state index in [2.05, 4.69) is 10.1 Å². The Morgan fingerprint density at radius 2 is 2.17 bits per heavy atom. The third-order valence-electron chi connectivity index (χ3n) is 1.50. The molecule has 0 aliphatic rings. The normalized spacial score (nSPS) is 12.6. The molecule has 12 heavy (non-hydrogen) atoms. The molecule has 0 aromatic carbocycles. The van der Waals surface area contributed by atoms with E-state index in [1.165, 1.54) is 7.11 Å². The van der Waals surface area contributed by atoms with Crippen LogP contribution in [0.1, 0.15) is 13.3 Å². The van der Waals surface area contributed by atoms with E-state index in [0.29, 0.717) is 13.0 Å². The second-order valence-corrected chi connectivity index (χ2v) is 2.63. The van der Waals surface area contributed by atoms with Crippen LogP contribution in [0.15, 0.2) is 0 Å². The smallest absolute Gasteiger partial charge is 0.307 e. The molecule has 0 rings (SSSR count). The van der Waals surface area contributed by atoms with Gasteiger partial charge in [0.2, 0.25) is 0 Å². The zero-order valence-corrected chi connectivity index (χ0v) is 7.92. The lowest BCUT2D eigenvalue weighted by Crippen LogP contribution is -2.31. The van der Waals surface area contributed by atoms with Crippen molar-refractivity contribution in [2.75, 3.05) is 27.4 Å². The molecule has 0 saturated carbocycles. The lowest BCUT2D eigenvalue weighted by Gasteiger charge is -2.11. The summed E-state index contributed by atoms with van der Waals surface area (Å²) in [5, 5.41) is 3.12. The van der Waals surface area contributed by atoms with Gasteiger partial charge in [0.05, 0.1) is 20.1 Å². The van der Waals surface area contributed by atoms with Gasteiger partial charge in [0.15, 0.2) is 0 Å². The number of nitrogens with one attached hydrogen (secondary N) is 1. The molecule has 72 valence electrons. The topological polar surface area (TPSA) is 47.6 Å². The van der Waals surface area contributed by atoms with E-state index in [9.17, 15) is 4.79 Å². The molecule has 0 fully saturated rings. The molecule has 4 nitrogen and oxygen atoms in total. The fraction of sp³-hybridized carbons (Fsp3) is 0.875. The van der Waals surface area contributed by atoms with Crippen molar-refractivity contribution in [1.82, 2.24) is 5.32 Å². The highest BCUT2D eigenvalue weighted by Crippen LogP contribution is 1.91. The highest BCUT2D eigenvalue weighted by molar-refractivity contribution is 5.69. The summed E-state index contributed by atoms with van der Waals surface area (Å²) in [6.45, 7) is 3.35. The molecule has 0 radical (unpaired) electrons. The second kappa shape index (κ2) is 7.06. The van der Waals surface area contributed by atoms with Crippen LogP contribution in [0.25, 0.3) is 0 Å². The summed E-state index contributed by atoms with van der Waals surface area (Å²) >= 11 is 0. The Kier molecular flexibility index (Phi) is 6.70. The maximum absolute atomic E-state index is 10.8. The maximum Gasteiger partial charge on any atom is 0.307 e. The Labute approximate surface area is 73.2 Å². The van der Waals surface area contributed by atoms with Crippen molar-refractivity contribution in [3.8, 4) is 0 Å². The Hall–Kier alpha value is -0.610. The number of hydrogen-bond acceptors (Lipinski definition) is 4. The van der Waals surface area contributed by atoms with Crippen LogP contribution in [0.5, 0.6) is 0 Å². The van der Waals surface area contributed by atoms with Crippen molar-refractivity contribution in [1.29, 1.82) is 0 Å². The molecule has 1 atom stereocenters. The number of esters is 1. The van der Waals surface area contributed by atoms with Gasteiger partial charge < -0.3 is 14.8 Å². The number of methoxy groups -OCH3 is 2. The van der Waals surface area contributed by atoms with E-state index in [1.807, 2.05) is 6.92 Å². The lowest BCUT2D eigenvalue weighted by molar-refractivity contribution is -0.141. The van der Waals surface area contributed by atoms with Gasteiger partial charge in [-0.05, 0) is 6.92 Å². The van der Waals surface area contributed by atoms with Crippen molar-refractivity contribution in [2.24, 2.45) is 0 Å². The molecule has 0 saturated heterocycles. The standard InChI is InChI=1S/C8H17NO3/c1-7(6-8(10)12-3)9-4-5-11-2/h7,9H,4-6H2,1-3H3/t7-/m1/s1. The second-order valence-electron chi connectivity index (χ2n) is 2.63. The van der Waals surface area contributed by atoms with Gasteiger partial charge in [-0.25, -0.2) is 0 Å². The number of hydrogen-bond donors (Lipinski definition) is 1. The van der Waals surface area contributed by atoms with Gasteiger partial charge in [-0.15, -0.1) is 0 Å². The number of carbonyl (C=O) groups is 1. The maximum atomic E-state index is 10.8. The fourth-order valence-electron chi connectivity index (χ4n) is 0.813. The number of ether oxygens (including phenoxy) is 2. The highest BCUT2D eigenvalue weighted by atomic mass is 16.5. The van der Waals surface area contributed by atoms with Gasteiger partial charge in [-0.1, -0.05) is 0 Å². The van der Waals surface area contributed by atoms with Crippen molar-refractivity contribution in [2.45, 2.75) is 19.4 Å². The summed E-state index contributed by atoms with van der Waals surface area (Å²) in [6.07, 6.45) is 0.403. The first-order valence-corrected chi connectivity index (χ1v) is 3.99. The molecule has 0 heterocycles. The molecule has 0 aromatic rings. The van der Waals surface area contributed by atoms with Crippen LogP contribution in [-0.2, 0) is 14.3 Å². The predicted octanol–water partition coefficient (Wildman–Crippen LogP) is 0.174. The van der Waals surface area contributed by atoms with Gasteiger partial charge in [0, 0.05) is 19.7 Å². The molecule has 0 aliphatic heterocycles. The average molecular weight is 175 g/mol. The summed E-state index contributed by atoms with van der Waals surface area (Å²) < 4.78 is 9.36.